The summed E-state index contributed by atoms with van der Waals surface area (Å²) in [6.45, 7) is 6.51. The summed E-state index contributed by atoms with van der Waals surface area (Å²) in [6, 6.07) is 2.39. The van der Waals surface area contributed by atoms with Gasteiger partial charge in [-0.2, -0.15) is 0 Å². The fourth-order valence-corrected chi connectivity index (χ4v) is 2.88. The second-order valence-corrected chi connectivity index (χ2v) is 6.24. The van der Waals surface area contributed by atoms with Crippen LogP contribution in [0, 0.1) is 12.8 Å². The lowest BCUT2D eigenvalue weighted by molar-refractivity contribution is 0.515. The Morgan fingerprint density at radius 1 is 1.54 bits per heavy atom. The highest BCUT2D eigenvalue weighted by Crippen LogP contribution is 2.32. The van der Waals surface area contributed by atoms with E-state index in [9.17, 15) is 0 Å². The summed E-state index contributed by atoms with van der Waals surface area (Å²) in [7, 11) is 0. The first-order valence-corrected chi connectivity index (χ1v) is 6.13. The molecule has 1 aromatic rings. The number of nitrogens with two attached hydrogens (primary N) is 1. The molecule has 0 aliphatic carbocycles. The third kappa shape index (κ3) is 3.08. The summed E-state index contributed by atoms with van der Waals surface area (Å²) in [6.07, 6.45) is 1.06. The summed E-state index contributed by atoms with van der Waals surface area (Å²) >= 11 is 5.27. The molecular formula is C10H16BrNS. The Balaban J connectivity index is 2.71. The van der Waals surface area contributed by atoms with Crippen molar-refractivity contribution in [3.05, 3.63) is 20.3 Å². The van der Waals surface area contributed by atoms with E-state index in [1.807, 2.05) is 0 Å². The maximum Gasteiger partial charge on any atom is 0.0731 e. The van der Waals surface area contributed by atoms with Crippen molar-refractivity contribution < 1.29 is 0 Å². The van der Waals surface area contributed by atoms with Crippen LogP contribution >= 0.6 is 27.3 Å². The molecule has 0 saturated heterocycles. The van der Waals surface area contributed by atoms with Crippen molar-refractivity contribution in [1.29, 1.82) is 0 Å². The van der Waals surface area contributed by atoms with Gasteiger partial charge in [-0.05, 0) is 46.8 Å². The lowest BCUT2D eigenvalue weighted by Crippen LogP contribution is -2.11. The van der Waals surface area contributed by atoms with Crippen LogP contribution in [-0.2, 0) is 0 Å². The molecule has 1 aromatic heterocycles. The molecule has 1 rings (SSSR count). The van der Waals surface area contributed by atoms with E-state index in [0.29, 0.717) is 5.92 Å². The first-order valence-electron chi connectivity index (χ1n) is 4.52. The third-order valence-electron chi connectivity index (χ3n) is 1.97. The van der Waals surface area contributed by atoms with Crippen LogP contribution in [0.4, 0.5) is 0 Å². The van der Waals surface area contributed by atoms with Gasteiger partial charge in [-0.25, -0.2) is 0 Å². The topological polar surface area (TPSA) is 26.0 Å². The van der Waals surface area contributed by atoms with Gasteiger partial charge in [-0.1, -0.05) is 13.8 Å². The fourth-order valence-electron chi connectivity index (χ4n) is 1.29. The molecule has 13 heavy (non-hydrogen) atoms. The van der Waals surface area contributed by atoms with Gasteiger partial charge in [0.15, 0.2) is 0 Å². The largest absolute Gasteiger partial charge is 0.323 e. The van der Waals surface area contributed by atoms with E-state index < -0.39 is 0 Å². The molecule has 0 spiro atoms. The lowest BCUT2D eigenvalue weighted by atomic mass is 10.0. The summed E-state index contributed by atoms with van der Waals surface area (Å²) in [5.74, 6) is 0.663. The number of thiophene rings is 1. The molecule has 1 heterocycles. The van der Waals surface area contributed by atoms with Crippen LogP contribution in [0.2, 0.25) is 0 Å². The molecule has 0 fully saturated rings. The summed E-state index contributed by atoms with van der Waals surface area (Å²) < 4.78 is 1.21. The standard InChI is InChI=1S/C10H16BrNS/c1-6(2)4-8(12)9-5-7(3)10(11)13-9/h5-6,8H,4,12H2,1-3H3/t8-/m0/s1. The SMILES string of the molecule is Cc1cc([C@@H](N)CC(C)C)sc1Br. The van der Waals surface area contributed by atoms with E-state index in [1.165, 1.54) is 14.2 Å². The predicted octanol–water partition coefficient (Wildman–Crippen LogP) is 3.86. The summed E-state index contributed by atoms with van der Waals surface area (Å²) in [5, 5.41) is 0. The quantitative estimate of drug-likeness (QED) is 0.879. The van der Waals surface area contributed by atoms with Crippen LogP contribution in [0.1, 0.15) is 36.8 Å². The molecule has 74 valence electrons. The van der Waals surface area contributed by atoms with E-state index in [-0.39, 0.29) is 6.04 Å². The smallest absolute Gasteiger partial charge is 0.0731 e. The molecular weight excluding hydrogens is 246 g/mol. The molecule has 1 nitrogen and oxygen atoms in total. The fraction of sp³-hybridized carbons (Fsp3) is 0.600. The Kier molecular flexibility index (Phi) is 3.95. The van der Waals surface area contributed by atoms with E-state index in [2.05, 4.69) is 42.8 Å². The molecule has 0 aliphatic heterocycles. The molecule has 0 aliphatic rings. The third-order valence-corrected chi connectivity index (χ3v) is 4.24. The molecule has 2 N–H and O–H groups in total. The Hall–Kier alpha value is 0.140. The first-order chi connectivity index (χ1) is 6.00. The van der Waals surface area contributed by atoms with E-state index in [4.69, 9.17) is 5.73 Å². The minimum absolute atomic E-state index is 0.204. The maximum atomic E-state index is 6.07. The van der Waals surface area contributed by atoms with Gasteiger partial charge >= 0.3 is 0 Å². The zero-order valence-electron chi connectivity index (χ0n) is 8.30. The molecule has 1 atom stereocenters. The van der Waals surface area contributed by atoms with Gasteiger partial charge in [0.1, 0.15) is 0 Å². The Bertz CT molecular complexity index is 261. The number of rotatable bonds is 3. The molecule has 0 bridgehead atoms. The van der Waals surface area contributed by atoms with Crippen LogP contribution < -0.4 is 5.73 Å². The second kappa shape index (κ2) is 4.58. The second-order valence-electron chi connectivity index (χ2n) is 3.84. The van der Waals surface area contributed by atoms with Crippen molar-refractivity contribution in [2.24, 2.45) is 11.7 Å². The van der Waals surface area contributed by atoms with Crippen molar-refractivity contribution in [2.45, 2.75) is 33.2 Å². The predicted molar refractivity (Wildman–Crippen MR) is 63.1 cm³/mol. The van der Waals surface area contributed by atoms with Crippen LogP contribution in [0.15, 0.2) is 9.85 Å². The van der Waals surface area contributed by atoms with E-state index in [0.717, 1.165) is 6.42 Å². The summed E-state index contributed by atoms with van der Waals surface area (Å²) in [5.41, 5.74) is 7.36. The Morgan fingerprint density at radius 2 is 2.15 bits per heavy atom. The minimum atomic E-state index is 0.204. The minimum Gasteiger partial charge on any atom is -0.323 e. The molecule has 3 heteroatoms. The highest BCUT2D eigenvalue weighted by atomic mass is 79.9. The lowest BCUT2D eigenvalue weighted by Gasteiger charge is -2.11. The highest BCUT2D eigenvalue weighted by molar-refractivity contribution is 9.11. The molecule has 0 aromatic carbocycles. The molecule has 0 amide bonds. The first kappa shape index (κ1) is 11.2. The van der Waals surface area contributed by atoms with E-state index >= 15 is 0 Å². The highest BCUT2D eigenvalue weighted by Gasteiger charge is 2.12. The average molecular weight is 262 g/mol. The van der Waals surface area contributed by atoms with Crippen molar-refractivity contribution >= 4 is 27.3 Å². The van der Waals surface area contributed by atoms with Gasteiger partial charge in [-0.15, -0.1) is 11.3 Å². The van der Waals surface area contributed by atoms with Crippen LogP contribution in [0.25, 0.3) is 0 Å². The van der Waals surface area contributed by atoms with Gasteiger partial charge in [-0.3, -0.25) is 0 Å². The normalized spacial score (nSPS) is 13.7. The Morgan fingerprint density at radius 3 is 2.54 bits per heavy atom. The zero-order chi connectivity index (χ0) is 10.0. The van der Waals surface area contributed by atoms with Crippen LogP contribution in [-0.4, -0.2) is 0 Å². The summed E-state index contributed by atoms with van der Waals surface area (Å²) in [4.78, 5) is 1.29. The molecule has 0 unspecified atom stereocenters. The number of aryl methyl sites for hydroxylation is 1. The van der Waals surface area contributed by atoms with Crippen LogP contribution in [0.5, 0.6) is 0 Å². The van der Waals surface area contributed by atoms with Crippen molar-refractivity contribution in [3.63, 3.8) is 0 Å². The number of hydrogen-bond acceptors (Lipinski definition) is 2. The maximum absolute atomic E-state index is 6.07. The molecule has 0 saturated carbocycles. The number of hydrogen-bond donors (Lipinski definition) is 1. The average Bonchev–Trinajstić information content (AvgIpc) is 2.31. The van der Waals surface area contributed by atoms with Crippen molar-refractivity contribution in [2.75, 3.05) is 0 Å². The van der Waals surface area contributed by atoms with Gasteiger partial charge in [0.05, 0.1) is 3.79 Å². The zero-order valence-corrected chi connectivity index (χ0v) is 10.7. The van der Waals surface area contributed by atoms with Crippen molar-refractivity contribution in [1.82, 2.24) is 0 Å². The van der Waals surface area contributed by atoms with Crippen LogP contribution in [0.3, 0.4) is 0 Å². The van der Waals surface area contributed by atoms with Crippen molar-refractivity contribution in [3.8, 4) is 0 Å². The van der Waals surface area contributed by atoms with Gasteiger partial charge in [0.2, 0.25) is 0 Å². The van der Waals surface area contributed by atoms with Gasteiger partial charge in [0.25, 0.3) is 0 Å². The van der Waals surface area contributed by atoms with E-state index in [1.54, 1.807) is 11.3 Å². The van der Waals surface area contributed by atoms with Gasteiger partial charge in [0, 0.05) is 10.9 Å². The molecule has 0 radical (unpaired) electrons. The Labute approximate surface area is 92.5 Å². The number of halogens is 1. The monoisotopic (exact) mass is 261 g/mol. The van der Waals surface area contributed by atoms with Gasteiger partial charge < -0.3 is 5.73 Å².